The summed E-state index contributed by atoms with van der Waals surface area (Å²) in [4.78, 5) is 21.0. The molecule has 0 radical (unpaired) electrons. The van der Waals surface area contributed by atoms with E-state index in [1.807, 2.05) is 18.2 Å². The molecule has 2 aromatic carbocycles. The van der Waals surface area contributed by atoms with E-state index in [9.17, 15) is 4.79 Å². The van der Waals surface area contributed by atoms with Crippen LogP contribution < -0.4 is 15.4 Å². The van der Waals surface area contributed by atoms with Gasteiger partial charge >= 0.3 is 0 Å². The maximum absolute atomic E-state index is 12.3. The zero-order chi connectivity index (χ0) is 21.5. The number of methoxy groups -OCH3 is 1. The average molecular weight is 416 g/mol. The van der Waals surface area contributed by atoms with Gasteiger partial charge in [-0.05, 0) is 36.2 Å². The van der Waals surface area contributed by atoms with E-state index in [4.69, 9.17) is 4.74 Å². The first-order valence-electron chi connectivity index (χ1n) is 10.1. The molecule has 4 rings (SSSR count). The maximum Gasteiger partial charge on any atom is 0.251 e. The number of carbonyl (C=O) groups excluding carboxylic acids is 1. The van der Waals surface area contributed by atoms with Crippen molar-refractivity contribution >= 4 is 22.8 Å². The Balaban J connectivity index is 1.34. The molecule has 2 aromatic heterocycles. The zero-order valence-electron chi connectivity index (χ0n) is 17.3. The monoisotopic (exact) mass is 416 g/mol. The number of hydrogen-bond acceptors (Lipinski definition) is 6. The molecule has 1 amide bonds. The zero-order valence-corrected chi connectivity index (χ0v) is 17.3. The van der Waals surface area contributed by atoms with Crippen LogP contribution in [0.25, 0.3) is 11.0 Å². The van der Waals surface area contributed by atoms with Gasteiger partial charge in [-0.15, -0.1) is 0 Å². The lowest BCUT2D eigenvalue weighted by Crippen LogP contribution is -2.27. The van der Waals surface area contributed by atoms with Crippen molar-refractivity contribution in [2.45, 2.75) is 13.0 Å². The Bertz CT molecular complexity index is 1140. The van der Waals surface area contributed by atoms with E-state index < -0.39 is 0 Å². The minimum atomic E-state index is -0.142. The van der Waals surface area contributed by atoms with Crippen LogP contribution >= 0.6 is 0 Å². The van der Waals surface area contributed by atoms with Crippen molar-refractivity contribution in [3.05, 3.63) is 78.2 Å². The molecule has 0 aliphatic rings. The number of amides is 1. The Hall–Kier alpha value is -3.94. The molecule has 8 nitrogen and oxygen atoms in total. The van der Waals surface area contributed by atoms with Gasteiger partial charge < -0.3 is 15.4 Å². The summed E-state index contributed by atoms with van der Waals surface area (Å²) in [5, 5.41) is 11.6. The van der Waals surface area contributed by atoms with Gasteiger partial charge in [0.15, 0.2) is 5.65 Å². The molecule has 158 valence electrons. The van der Waals surface area contributed by atoms with Crippen LogP contribution in [-0.2, 0) is 13.0 Å². The van der Waals surface area contributed by atoms with Gasteiger partial charge in [0.2, 0.25) is 0 Å². The van der Waals surface area contributed by atoms with Crippen LogP contribution in [-0.4, -0.2) is 45.9 Å². The van der Waals surface area contributed by atoms with Gasteiger partial charge in [0.05, 0.1) is 25.2 Å². The molecular weight excluding hydrogens is 392 g/mol. The standard InChI is InChI=1S/C23H24N6O2/c1-31-19-9-7-18(8-10-19)23(30)25-13-14-29-22-20(15-28-29)21(26-16-27-22)24-12-11-17-5-3-2-4-6-17/h2-10,15-16H,11-14H2,1H3,(H,25,30)(H,24,26,27). The van der Waals surface area contributed by atoms with Gasteiger partial charge in [-0.3, -0.25) is 4.79 Å². The molecule has 0 fully saturated rings. The Morgan fingerprint density at radius 3 is 2.61 bits per heavy atom. The van der Waals surface area contributed by atoms with E-state index in [1.54, 1.807) is 42.3 Å². The highest BCUT2D eigenvalue weighted by Crippen LogP contribution is 2.18. The number of ether oxygens (including phenoxy) is 1. The summed E-state index contributed by atoms with van der Waals surface area (Å²) in [5.41, 5.74) is 2.58. The molecule has 2 N–H and O–H groups in total. The molecule has 0 aliphatic heterocycles. The fraction of sp³-hybridized carbons (Fsp3) is 0.217. The predicted octanol–water partition coefficient (Wildman–Crippen LogP) is 2.92. The number of hydrogen-bond donors (Lipinski definition) is 2. The van der Waals surface area contributed by atoms with Crippen LogP contribution in [0.4, 0.5) is 5.82 Å². The van der Waals surface area contributed by atoms with Crippen LogP contribution in [0.3, 0.4) is 0 Å². The summed E-state index contributed by atoms with van der Waals surface area (Å²) in [7, 11) is 1.59. The lowest BCUT2D eigenvalue weighted by atomic mass is 10.1. The smallest absolute Gasteiger partial charge is 0.251 e. The van der Waals surface area contributed by atoms with Crippen molar-refractivity contribution in [2.75, 3.05) is 25.5 Å². The third kappa shape index (κ3) is 4.98. The highest BCUT2D eigenvalue weighted by atomic mass is 16.5. The van der Waals surface area contributed by atoms with Crippen LogP contribution in [0.5, 0.6) is 5.75 Å². The summed E-state index contributed by atoms with van der Waals surface area (Å²) >= 11 is 0. The Labute approximate surface area is 180 Å². The number of rotatable bonds is 9. The van der Waals surface area contributed by atoms with Gasteiger partial charge in [0.1, 0.15) is 17.9 Å². The molecule has 2 heterocycles. The first-order valence-corrected chi connectivity index (χ1v) is 10.1. The fourth-order valence-corrected chi connectivity index (χ4v) is 3.29. The maximum atomic E-state index is 12.3. The predicted molar refractivity (Wildman–Crippen MR) is 119 cm³/mol. The molecule has 0 saturated carbocycles. The Morgan fingerprint density at radius 1 is 1.03 bits per heavy atom. The van der Waals surface area contributed by atoms with E-state index in [1.165, 1.54) is 11.9 Å². The highest BCUT2D eigenvalue weighted by molar-refractivity contribution is 5.94. The first kappa shape index (κ1) is 20.3. The third-order valence-electron chi connectivity index (χ3n) is 4.94. The quantitative estimate of drug-likeness (QED) is 0.436. The molecule has 0 spiro atoms. The van der Waals surface area contributed by atoms with Crippen molar-refractivity contribution in [3.63, 3.8) is 0 Å². The van der Waals surface area contributed by atoms with E-state index in [0.29, 0.717) is 24.4 Å². The van der Waals surface area contributed by atoms with Crippen LogP contribution in [0.2, 0.25) is 0 Å². The van der Waals surface area contributed by atoms with Gasteiger partial charge in [-0.25, -0.2) is 14.6 Å². The van der Waals surface area contributed by atoms with Crippen LogP contribution in [0.15, 0.2) is 67.1 Å². The largest absolute Gasteiger partial charge is 0.497 e. The van der Waals surface area contributed by atoms with Gasteiger partial charge in [-0.1, -0.05) is 30.3 Å². The van der Waals surface area contributed by atoms with Gasteiger partial charge in [0.25, 0.3) is 5.91 Å². The number of nitrogens with one attached hydrogen (secondary N) is 2. The summed E-state index contributed by atoms with van der Waals surface area (Å²) in [6, 6.07) is 17.3. The number of nitrogens with zero attached hydrogens (tertiary/aromatic N) is 4. The minimum Gasteiger partial charge on any atom is -0.497 e. The average Bonchev–Trinajstić information content (AvgIpc) is 3.24. The fourth-order valence-electron chi connectivity index (χ4n) is 3.29. The Morgan fingerprint density at radius 2 is 1.84 bits per heavy atom. The lowest BCUT2D eigenvalue weighted by Gasteiger charge is -2.08. The SMILES string of the molecule is COc1ccc(C(=O)NCCn2ncc3c(NCCc4ccccc4)ncnc32)cc1. The molecule has 0 atom stereocenters. The lowest BCUT2D eigenvalue weighted by molar-refractivity contribution is 0.0952. The van der Waals surface area contributed by atoms with Crippen molar-refractivity contribution in [2.24, 2.45) is 0 Å². The molecular formula is C23H24N6O2. The third-order valence-corrected chi connectivity index (χ3v) is 4.94. The summed E-state index contributed by atoms with van der Waals surface area (Å²) in [6.07, 6.45) is 4.19. The summed E-state index contributed by atoms with van der Waals surface area (Å²) < 4.78 is 6.89. The Kier molecular flexibility index (Phi) is 6.37. The van der Waals surface area contributed by atoms with Crippen LogP contribution in [0, 0.1) is 0 Å². The summed E-state index contributed by atoms with van der Waals surface area (Å²) in [6.45, 7) is 1.70. The molecule has 8 heteroatoms. The topological polar surface area (TPSA) is 94.0 Å². The normalized spacial score (nSPS) is 10.7. The molecule has 4 aromatic rings. The molecule has 0 bridgehead atoms. The second-order valence-electron chi connectivity index (χ2n) is 6.97. The molecule has 0 unspecified atom stereocenters. The van der Waals surface area contributed by atoms with Crippen LogP contribution in [0.1, 0.15) is 15.9 Å². The minimum absolute atomic E-state index is 0.142. The molecule has 0 saturated heterocycles. The van der Waals surface area contributed by atoms with Crippen molar-refractivity contribution in [1.82, 2.24) is 25.1 Å². The van der Waals surface area contributed by atoms with Gasteiger partial charge in [0, 0.05) is 18.7 Å². The second-order valence-corrected chi connectivity index (χ2v) is 6.97. The molecule has 31 heavy (non-hydrogen) atoms. The first-order chi connectivity index (χ1) is 15.2. The van der Waals surface area contributed by atoms with Crippen molar-refractivity contribution < 1.29 is 9.53 Å². The van der Waals surface area contributed by atoms with E-state index in [0.717, 1.165) is 29.8 Å². The van der Waals surface area contributed by atoms with E-state index in [-0.39, 0.29) is 5.91 Å². The highest BCUT2D eigenvalue weighted by Gasteiger charge is 2.10. The number of fused-ring (bicyclic) bond motifs is 1. The van der Waals surface area contributed by atoms with Gasteiger partial charge in [-0.2, -0.15) is 5.10 Å². The van der Waals surface area contributed by atoms with Crippen molar-refractivity contribution in [3.8, 4) is 5.75 Å². The number of aromatic nitrogens is 4. The number of anilines is 1. The van der Waals surface area contributed by atoms with Crippen molar-refractivity contribution in [1.29, 1.82) is 0 Å². The van der Waals surface area contributed by atoms with E-state index >= 15 is 0 Å². The van der Waals surface area contributed by atoms with E-state index in [2.05, 4.69) is 37.8 Å². The number of carbonyl (C=O) groups is 1. The molecule has 0 aliphatic carbocycles. The number of benzene rings is 2. The summed E-state index contributed by atoms with van der Waals surface area (Å²) in [5.74, 6) is 1.33. The second kappa shape index (κ2) is 9.71.